The molecule has 0 spiro atoms. The highest BCUT2D eigenvalue weighted by atomic mass is 15.3. The van der Waals surface area contributed by atoms with Crippen molar-refractivity contribution in [2.24, 2.45) is 11.8 Å². The van der Waals surface area contributed by atoms with Crippen molar-refractivity contribution < 1.29 is 0 Å². The van der Waals surface area contributed by atoms with Gasteiger partial charge >= 0.3 is 0 Å². The molecule has 1 fully saturated rings. The summed E-state index contributed by atoms with van der Waals surface area (Å²) in [4.78, 5) is 2.68. The van der Waals surface area contributed by atoms with Gasteiger partial charge < -0.3 is 4.90 Å². The number of nitrogens with zero attached hydrogens (tertiary/aromatic N) is 3. The van der Waals surface area contributed by atoms with E-state index in [1.165, 1.54) is 83.0 Å². The Bertz CT molecular complexity index is 430. The van der Waals surface area contributed by atoms with E-state index in [4.69, 9.17) is 0 Å². The van der Waals surface area contributed by atoms with Crippen molar-refractivity contribution >= 4 is 0 Å². The number of hydrogen-bond donors (Lipinski definition) is 0. The first-order valence-electron chi connectivity index (χ1n) is 10.3. The van der Waals surface area contributed by atoms with E-state index in [1.54, 1.807) is 0 Å². The van der Waals surface area contributed by atoms with Crippen LogP contribution in [0.5, 0.6) is 0 Å². The van der Waals surface area contributed by atoms with Crippen molar-refractivity contribution in [2.45, 2.75) is 85.1 Å². The van der Waals surface area contributed by atoms with Crippen molar-refractivity contribution in [1.29, 1.82) is 0 Å². The molecule has 3 heteroatoms. The average Bonchev–Trinajstić information content (AvgIpc) is 2.96. The van der Waals surface area contributed by atoms with Crippen LogP contribution in [-0.4, -0.2) is 34.3 Å². The highest BCUT2D eigenvalue weighted by molar-refractivity contribution is 4.99. The summed E-state index contributed by atoms with van der Waals surface area (Å²) in [6.07, 6.45) is 16.8. The van der Waals surface area contributed by atoms with Gasteiger partial charge in [-0.3, -0.25) is 4.68 Å². The summed E-state index contributed by atoms with van der Waals surface area (Å²) in [6.45, 7) is 11.8. The van der Waals surface area contributed by atoms with Gasteiger partial charge in [0.15, 0.2) is 0 Å². The van der Waals surface area contributed by atoms with Gasteiger partial charge in [-0.1, -0.05) is 52.4 Å². The molecule has 0 amide bonds. The van der Waals surface area contributed by atoms with E-state index in [9.17, 15) is 0 Å². The van der Waals surface area contributed by atoms with Crippen LogP contribution < -0.4 is 0 Å². The first-order valence-corrected chi connectivity index (χ1v) is 10.3. The highest BCUT2D eigenvalue weighted by Crippen LogP contribution is 2.20. The molecule has 0 atom stereocenters. The van der Waals surface area contributed by atoms with E-state index < -0.39 is 0 Å². The zero-order chi connectivity index (χ0) is 17.2. The monoisotopic (exact) mass is 333 g/mol. The van der Waals surface area contributed by atoms with Crippen molar-refractivity contribution in [3.05, 3.63) is 18.0 Å². The van der Waals surface area contributed by atoms with Gasteiger partial charge in [-0.2, -0.15) is 5.10 Å². The number of unbranched alkanes of at least 4 members (excludes halogenated alkanes) is 5. The molecule has 0 unspecified atom stereocenters. The third-order valence-electron chi connectivity index (χ3n) is 5.42. The number of piperidine rings is 1. The smallest absolute Gasteiger partial charge is 0.0518 e. The summed E-state index contributed by atoms with van der Waals surface area (Å²) in [5.41, 5.74) is 1.27. The molecule has 0 saturated carbocycles. The van der Waals surface area contributed by atoms with Crippen LogP contribution in [0.25, 0.3) is 0 Å². The minimum atomic E-state index is 0.821. The molecule has 0 aliphatic carbocycles. The molecule has 0 N–H and O–H groups in total. The molecular weight excluding hydrogens is 294 g/mol. The molecule has 1 aliphatic rings. The maximum atomic E-state index is 4.43. The van der Waals surface area contributed by atoms with Gasteiger partial charge in [0, 0.05) is 12.7 Å². The predicted octanol–water partition coefficient (Wildman–Crippen LogP) is 5.29. The van der Waals surface area contributed by atoms with Crippen LogP contribution in [0.15, 0.2) is 12.4 Å². The van der Waals surface area contributed by atoms with Gasteiger partial charge in [0.1, 0.15) is 0 Å². The zero-order valence-corrected chi connectivity index (χ0v) is 16.3. The summed E-state index contributed by atoms with van der Waals surface area (Å²) in [5.74, 6) is 1.70. The van der Waals surface area contributed by atoms with Gasteiger partial charge in [-0.25, -0.2) is 0 Å². The number of aryl methyl sites for hydroxylation is 1. The normalized spacial score (nSPS) is 17.0. The predicted molar refractivity (Wildman–Crippen MR) is 103 cm³/mol. The standard InChI is InChI=1S/C21H39N3/c1-19(2)10-8-6-4-5-7-9-13-23-14-11-21(12-15-23)18-24-17-20(3)16-22-24/h16-17,19,21H,4-15,18H2,1-3H3. The molecule has 138 valence electrons. The molecule has 1 aromatic rings. The Labute approximate surface area is 149 Å². The molecule has 24 heavy (non-hydrogen) atoms. The second-order valence-corrected chi connectivity index (χ2v) is 8.33. The van der Waals surface area contributed by atoms with Crippen molar-refractivity contribution in [3.63, 3.8) is 0 Å². The Kier molecular flexibility index (Phi) is 8.87. The molecule has 0 radical (unpaired) electrons. The lowest BCUT2D eigenvalue weighted by Crippen LogP contribution is -2.35. The Hall–Kier alpha value is -0.830. The first-order chi connectivity index (χ1) is 11.6. The first kappa shape index (κ1) is 19.5. The molecule has 2 rings (SSSR count). The van der Waals surface area contributed by atoms with Gasteiger partial charge in [0.2, 0.25) is 0 Å². The van der Waals surface area contributed by atoms with Crippen LogP contribution in [0.1, 0.15) is 77.2 Å². The maximum Gasteiger partial charge on any atom is 0.0518 e. The average molecular weight is 334 g/mol. The largest absolute Gasteiger partial charge is 0.303 e. The molecule has 1 aliphatic heterocycles. The van der Waals surface area contributed by atoms with Crippen LogP contribution in [0, 0.1) is 18.8 Å². The second-order valence-electron chi connectivity index (χ2n) is 8.33. The van der Waals surface area contributed by atoms with Gasteiger partial charge in [-0.05, 0) is 63.2 Å². The van der Waals surface area contributed by atoms with Gasteiger partial charge in [0.25, 0.3) is 0 Å². The van der Waals surface area contributed by atoms with Gasteiger partial charge in [-0.15, -0.1) is 0 Å². The van der Waals surface area contributed by atoms with E-state index in [2.05, 4.69) is 41.6 Å². The summed E-state index contributed by atoms with van der Waals surface area (Å²) in [5, 5.41) is 4.43. The molecule has 0 bridgehead atoms. The molecule has 3 nitrogen and oxygen atoms in total. The molecule has 1 saturated heterocycles. The lowest BCUT2D eigenvalue weighted by Gasteiger charge is -2.31. The van der Waals surface area contributed by atoms with Gasteiger partial charge in [0.05, 0.1) is 6.20 Å². The molecule has 1 aromatic heterocycles. The lowest BCUT2D eigenvalue weighted by atomic mass is 9.96. The Morgan fingerprint density at radius 3 is 2.33 bits per heavy atom. The maximum absolute atomic E-state index is 4.43. The number of hydrogen-bond acceptors (Lipinski definition) is 2. The summed E-state index contributed by atoms with van der Waals surface area (Å²) in [6, 6.07) is 0. The van der Waals surface area contributed by atoms with E-state index in [0.29, 0.717) is 0 Å². The summed E-state index contributed by atoms with van der Waals surface area (Å²) < 4.78 is 2.13. The highest BCUT2D eigenvalue weighted by Gasteiger charge is 2.19. The molecule has 2 heterocycles. The van der Waals surface area contributed by atoms with E-state index in [1.807, 2.05) is 6.20 Å². The number of aromatic nitrogens is 2. The third kappa shape index (κ3) is 7.83. The quantitative estimate of drug-likeness (QED) is 0.513. The van der Waals surface area contributed by atoms with Crippen LogP contribution in [0.2, 0.25) is 0 Å². The Morgan fingerprint density at radius 1 is 1.04 bits per heavy atom. The second kappa shape index (κ2) is 10.9. The minimum Gasteiger partial charge on any atom is -0.303 e. The fourth-order valence-electron chi connectivity index (χ4n) is 3.82. The number of rotatable bonds is 11. The van der Waals surface area contributed by atoms with Crippen LogP contribution >= 0.6 is 0 Å². The summed E-state index contributed by atoms with van der Waals surface area (Å²) in [7, 11) is 0. The van der Waals surface area contributed by atoms with E-state index in [0.717, 1.165) is 18.4 Å². The van der Waals surface area contributed by atoms with Crippen molar-refractivity contribution in [2.75, 3.05) is 19.6 Å². The minimum absolute atomic E-state index is 0.821. The van der Waals surface area contributed by atoms with Crippen LogP contribution in [0.3, 0.4) is 0 Å². The van der Waals surface area contributed by atoms with Crippen LogP contribution in [-0.2, 0) is 6.54 Å². The number of likely N-dealkylation sites (tertiary alicyclic amines) is 1. The molecular formula is C21H39N3. The Morgan fingerprint density at radius 2 is 1.71 bits per heavy atom. The lowest BCUT2D eigenvalue weighted by molar-refractivity contribution is 0.168. The zero-order valence-electron chi connectivity index (χ0n) is 16.3. The van der Waals surface area contributed by atoms with E-state index >= 15 is 0 Å². The van der Waals surface area contributed by atoms with Crippen molar-refractivity contribution in [3.8, 4) is 0 Å². The third-order valence-corrected chi connectivity index (χ3v) is 5.42. The fourth-order valence-corrected chi connectivity index (χ4v) is 3.82. The Balaban J connectivity index is 1.45. The molecule has 0 aromatic carbocycles. The topological polar surface area (TPSA) is 21.1 Å². The van der Waals surface area contributed by atoms with Crippen molar-refractivity contribution in [1.82, 2.24) is 14.7 Å². The SMILES string of the molecule is Cc1cnn(CC2CCN(CCCCCCCCC(C)C)CC2)c1. The van der Waals surface area contributed by atoms with Crippen LogP contribution in [0.4, 0.5) is 0 Å². The summed E-state index contributed by atoms with van der Waals surface area (Å²) >= 11 is 0. The van der Waals surface area contributed by atoms with E-state index in [-0.39, 0.29) is 0 Å². The fraction of sp³-hybridized carbons (Fsp3) is 0.857.